The van der Waals surface area contributed by atoms with Crippen LogP contribution in [0.15, 0.2) is 24.4 Å². The Bertz CT molecular complexity index is 567. The van der Waals surface area contributed by atoms with Gasteiger partial charge in [-0.25, -0.2) is 4.98 Å². The number of aromatic nitrogens is 2. The number of hydrogen-bond acceptors (Lipinski definition) is 5. The molecule has 124 valence electrons. The van der Waals surface area contributed by atoms with Crippen molar-refractivity contribution in [2.24, 2.45) is 5.92 Å². The van der Waals surface area contributed by atoms with Crippen LogP contribution in [0.2, 0.25) is 0 Å². The fourth-order valence-electron chi connectivity index (χ4n) is 3.09. The lowest BCUT2D eigenvalue weighted by molar-refractivity contribution is -0.132. The van der Waals surface area contributed by atoms with Gasteiger partial charge in [0.25, 0.3) is 0 Å². The van der Waals surface area contributed by atoms with Crippen LogP contribution in [0.1, 0.15) is 26.2 Å². The molecule has 0 radical (unpaired) electrons. The molecule has 0 spiro atoms. The quantitative estimate of drug-likeness (QED) is 0.776. The van der Waals surface area contributed by atoms with Crippen molar-refractivity contribution in [3.8, 4) is 5.88 Å². The second-order valence-electron chi connectivity index (χ2n) is 5.97. The van der Waals surface area contributed by atoms with Crippen LogP contribution in [-0.2, 0) is 4.79 Å². The molecule has 1 saturated heterocycles. The topological polar surface area (TPSA) is 58.6 Å². The summed E-state index contributed by atoms with van der Waals surface area (Å²) in [6, 6.07) is 1.77. The van der Waals surface area contributed by atoms with Crippen LogP contribution in [0, 0.1) is 5.92 Å². The number of allylic oxidation sites excluding steroid dienone is 2. The molecular formula is C17H24N4O2. The molecule has 0 unspecified atom stereocenters. The first-order valence-electron chi connectivity index (χ1n) is 8.41. The van der Waals surface area contributed by atoms with Gasteiger partial charge in [0.05, 0.1) is 6.61 Å². The van der Waals surface area contributed by atoms with Crippen LogP contribution in [0.4, 0.5) is 5.95 Å². The van der Waals surface area contributed by atoms with Gasteiger partial charge in [-0.3, -0.25) is 4.79 Å². The Kier molecular flexibility index (Phi) is 5.10. The van der Waals surface area contributed by atoms with Crippen molar-refractivity contribution in [1.29, 1.82) is 0 Å². The minimum absolute atomic E-state index is 0.269. The third-order valence-corrected chi connectivity index (χ3v) is 4.37. The summed E-state index contributed by atoms with van der Waals surface area (Å²) in [6.07, 6.45) is 8.95. The number of amides is 1. The van der Waals surface area contributed by atoms with Crippen LogP contribution in [0.25, 0.3) is 0 Å². The number of nitrogens with zero attached hydrogens (tertiary/aromatic N) is 4. The Morgan fingerprint density at radius 3 is 2.87 bits per heavy atom. The minimum Gasteiger partial charge on any atom is -0.478 e. The van der Waals surface area contributed by atoms with Gasteiger partial charge >= 0.3 is 0 Å². The van der Waals surface area contributed by atoms with E-state index in [1.165, 1.54) is 0 Å². The molecule has 0 aromatic carbocycles. The van der Waals surface area contributed by atoms with E-state index < -0.39 is 0 Å². The molecule has 0 N–H and O–H groups in total. The average Bonchev–Trinajstić information content (AvgIpc) is 3.08. The number of anilines is 1. The maximum Gasteiger partial charge on any atom is 0.228 e. The van der Waals surface area contributed by atoms with Gasteiger partial charge in [-0.1, -0.05) is 12.2 Å². The fraction of sp³-hybridized carbons (Fsp3) is 0.588. The van der Waals surface area contributed by atoms with Crippen molar-refractivity contribution in [3.05, 3.63) is 24.4 Å². The molecule has 1 amide bonds. The highest BCUT2D eigenvalue weighted by Gasteiger charge is 2.24. The zero-order chi connectivity index (χ0) is 16.1. The van der Waals surface area contributed by atoms with E-state index in [2.05, 4.69) is 27.0 Å². The number of hydrogen-bond donors (Lipinski definition) is 0. The lowest BCUT2D eigenvalue weighted by atomic mass is 10.0. The zero-order valence-corrected chi connectivity index (χ0v) is 13.6. The van der Waals surface area contributed by atoms with Gasteiger partial charge in [0, 0.05) is 44.9 Å². The standard InChI is InChI=1S/C17H24N4O2/c1-2-23-15-7-8-18-17(19-15)21-11-9-20(10-12-21)16(22)13-14-5-3-4-6-14/h3,5,7-8,14H,2,4,6,9-13H2,1H3/t14-/m1/s1. The molecule has 6 nitrogen and oxygen atoms in total. The summed E-state index contributed by atoms with van der Waals surface area (Å²) >= 11 is 0. The van der Waals surface area contributed by atoms with E-state index in [4.69, 9.17) is 4.74 Å². The minimum atomic E-state index is 0.269. The Hall–Kier alpha value is -2.11. The molecular weight excluding hydrogens is 292 g/mol. The Balaban J connectivity index is 1.52. The van der Waals surface area contributed by atoms with Crippen molar-refractivity contribution in [3.63, 3.8) is 0 Å². The monoisotopic (exact) mass is 316 g/mol. The van der Waals surface area contributed by atoms with E-state index in [1.54, 1.807) is 12.3 Å². The lowest BCUT2D eigenvalue weighted by Gasteiger charge is -2.35. The van der Waals surface area contributed by atoms with Crippen molar-refractivity contribution in [2.45, 2.75) is 26.2 Å². The van der Waals surface area contributed by atoms with Gasteiger partial charge in [-0.15, -0.1) is 0 Å². The van der Waals surface area contributed by atoms with Crippen molar-refractivity contribution >= 4 is 11.9 Å². The van der Waals surface area contributed by atoms with Crippen LogP contribution < -0.4 is 9.64 Å². The molecule has 1 fully saturated rings. The van der Waals surface area contributed by atoms with Gasteiger partial charge in [-0.05, 0) is 25.7 Å². The third kappa shape index (κ3) is 4.00. The number of ether oxygens (including phenoxy) is 1. The van der Waals surface area contributed by atoms with E-state index in [0.717, 1.165) is 39.0 Å². The Labute approximate surface area is 137 Å². The maximum atomic E-state index is 12.4. The highest BCUT2D eigenvalue weighted by Crippen LogP contribution is 2.22. The number of carbonyl (C=O) groups is 1. The molecule has 2 aliphatic rings. The summed E-state index contributed by atoms with van der Waals surface area (Å²) in [4.78, 5) is 25.2. The van der Waals surface area contributed by atoms with E-state index in [9.17, 15) is 4.79 Å². The van der Waals surface area contributed by atoms with E-state index in [-0.39, 0.29) is 5.91 Å². The first-order valence-corrected chi connectivity index (χ1v) is 8.41. The predicted octanol–water partition coefficient (Wildman–Crippen LogP) is 1.88. The number of carbonyl (C=O) groups excluding carboxylic acids is 1. The van der Waals surface area contributed by atoms with Crippen LogP contribution in [0.3, 0.4) is 0 Å². The highest BCUT2D eigenvalue weighted by atomic mass is 16.5. The molecule has 0 bridgehead atoms. The smallest absolute Gasteiger partial charge is 0.228 e. The summed E-state index contributed by atoms with van der Waals surface area (Å²) in [6.45, 7) is 5.53. The molecule has 2 heterocycles. The van der Waals surface area contributed by atoms with Crippen LogP contribution >= 0.6 is 0 Å². The number of piperazine rings is 1. The summed E-state index contributed by atoms with van der Waals surface area (Å²) < 4.78 is 5.42. The molecule has 6 heteroatoms. The average molecular weight is 316 g/mol. The molecule has 1 atom stereocenters. The zero-order valence-electron chi connectivity index (χ0n) is 13.6. The van der Waals surface area contributed by atoms with E-state index in [1.807, 2.05) is 11.8 Å². The van der Waals surface area contributed by atoms with Crippen LogP contribution in [0.5, 0.6) is 5.88 Å². The molecule has 3 rings (SSSR count). The molecule has 1 aromatic rings. The summed E-state index contributed by atoms with van der Waals surface area (Å²) in [5.74, 6) is 1.99. The van der Waals surface area contributed by atoms with Crippen molar-refractivity contribution in [2.75, 3.05) is 37.7 Å². The first-order chi connectivity index (χ1) is 11.3. The molecule has 1 aliphatic heterocycles. The summed E-state index contributed by atoms with van der Waals surface area (Å²) in [5.41, 5.74) is 0. The normalized spacial score (nSPS) is 20.8. The molecule has 0 saturated carbocycles. The van der Waals surface area contributed by atoms with Gasteiger partial charge in [0.2, 0.25) is 17.7 Å². The van der Waals surface area contributed by atoms with Crippen molar-refractivity contribution < 1.29 is 9.53 Å². The SMILES string of the molecule is CCOc1ccnc(N2CCN(C(=O)C[C@@H]3C=CCC3)CC2)n1. The Morgan fingerprint density at radius 1 is 1.35 bits per heavy atom. The maximum absolute atomic E-state index is 12.4. The van der Waals surface area contributed by atoms with E-state index in [0.29, 0.717) is 30.8 Å². The second-order valence-corrected chi connectivity index (χ2v) is 5.97. The first kappa shape index (κ1) is 15.8. The summed E-state index contributed by atoms with van der Waals surface area (Å²) in [7, 11) is 0. The van der Waals surface area contributed by atoms with Gasteiger partial charge < -0.3 is 14.5 Å². The Morgan fingerprint density at radius 2 is 2.17 bits per heavy atom. The molecule has 1 aromatic heterocycles. The molecule has 23 heavy (non-hydrogen) atoms. The van der Waals surface area contributed by atoms with Gasteiger partial charge in [-0.2, -0.15) is 4.98 Å². The van der Waals surface area contributed by atoms with Gasteiger partial charge in [0.15, 0.2) is 0 Å². The molecule has 1 aliphatic carbocycles. The lowest BCUT2D eigenvalue weighted by Crippen LogP contribution is -2.49. The predicted molar refractivity (Wildman–Crippen MR) is 88.5 cm³/mol. The third-order valence-electron chi connectivity index (χ3n) is 4.37. The van der Waals surface area contributed by atoms with Crippen LogP contribution in [-0.4, -0.2) is 53.6 Å². The second kappa shape index (κ2) is 7.44. The number of rotatable bonds is 5. The van der Waals surface area contributed by atoms with Gasteiger partial charge in [0.1, 0.15) is 0 Å². The fourth-order valence-corrected chi connectivity index (χ4v) is 3.09. The largest absolute Gasteiger partial charge is 0.478 e. The highest BCUT2D eigenvalue weighted by molar-refractivity contribution is 5.77. The van der Waals surface area contributed by atoms with E-state index >= 15 is 0 Å². The van der Waals surface area contributed by atoms with Crippen molar-refractivity contribution in [1.82, 2.24) is 14.9 Å². The summed E-state index contributed by atoms with van der Waals surface area (Å²) in [5, 5.41) is 0.